The molecule has 0 aromatic heterocycles. The van der Waals surface area contributed by atoms with Crippen LogP contribution in [0.15, 0.2) is 12.2 Å². The third kappa shape index (κ3) is 10.7. The second-order valence-electron chi connectivity index (χ2n) is 7.14. The van der Waals surface area contributed by atoms with E-state index in [0.717, 1.165) is 6.42 Å². The molecule has 0 aromatic carbocycles. The molecule has 0 unspecified atom stereocenters. The lowest BCUT2D eigenvalue weighted by atomic mass is 9.75. The van der Waals surface area contributed by atoms with E-state index in [1.807, 2.05) is 12.2 Å². The maximum Gasteiger partial charge on any atom is 0.334 e. The van der Waals surface area contributed by atoms with Crippen molar-refractivity contribution in [3.8, 4) is 0 Å². The number of carbonyl (C=O) groups is 1. The van der Waals surface area contributed by atoms with Crippen LogP contribution in [-0.2, 0) is 23.1 Å². The molecule has 136 valence electrons. The second kappa shape index (κ2) is 9.61. The number of ether oxygens (including phenoxy) is 1. The molecule has 0 spiro atoms. The van der Waals surface area contributed by atoms with Gasteiger partial charge in [-0.3, -0.25) is 9.36 Å². The Morgan fingerprint density at radius 2 is 1.61 bits per heavy atom. The highest BCUT2D eigenvalue weighted by atomic mass is 31.2. The van der Waals surface area contributed by atoms with E-state index < -0.39 is 7.60 Å². The summed E-state index contributed by atoms with van der Waals surface area (Å²) in [5, 5.41) is 0. The number of carbonyl (C=O) groups excluding carboxylic acids is 1. The Kier molecular flexibility index (Phi) is 9.34. The standard InChI is InChI=1S/C17H33O5P/c1-8-21-23(19,22-9-2)12-10-11-16(4,5)13-17(6,7)14-20-15(3)18/h10-11H,8-9,12-14H2,1-7H3. The van der Waals surface area contributed by atoms with Crippen LogP contribution in [0.2, 0.25) is 0 Å². The van der Waals surface area contributed by atoms with Crippen LogP contribution in [0, 0.1) is 10.8 Å². The number of allylic oxidation sites excluding steroid dienone is 2. The number of rotatable bonds is 11. The molecule has 23 heavy (non-hydrogen) atoms. The summed E-state index contributed by atoms with van der Waals surface area (Å²) in [7, 11) is -3.04. The first-order chi connectivity index (χ1) is 10.5. The highest BCUT2D eigenvalue weighted by Crippen LogP contribution is 2.48. The van der Waals surface area contributed by atoms with E-state index in [4.69, 9.17) is 13.8 Å². The van der Waals surface area contributed by atoms with Crippen LogP contribution in [0.1, 0.15) is 54.9 Å². The summed E-state index contributed by atoms with van der Waals surface area (Å²) in [5.74, 6) is -0.263. The third-order valence-corrected chi connectivity index (χ3v) is 5.11. The Balaban J connectivity index is 4.70. The minimum atomic E-state index is -3.04. The Labute approximate surface area is 141 Å². The van der Waals surface area contributed by atoms with Gasteiger partial charge in [0.05, 0.1) is 26.0 Å². The topological polar surface area (TPSA) is 61.8 Å². The van der Waals surface area contributed by atoms with Crippen molar-refractivity contribution >= 4 is 13.6 Å². The van der Waals surface area contributed by atoms with Gasteiger partial charge >= 0.3 is 13.6 Å². The van der Waals surface area contributed by atoms with Crippen molar-refractivity contribution in [1.29, 1.82) is 0 Å². The van der Waals surface area contributed by atoms with Crippen molar-refractivity contribution in [2.75, 3.05) is 26.0 Å². The van der Waals surface area contributed by atoms with Crippen LogP contribution >= 0.6 is 7.60 Å². The fourth-order valence-electron chi connectivity index (χ4n) is 2.68. The first-order valence-electron chi connectivity index (χ1n) is 8.14. The zero-order chi connectivity index (χ0) is 18.1. The fraction of sp³-hybridized carbons (Fsp3) is 0.824. The quantitative estimate of drug-likeness (QED) is 0.304. The van der Waals surface area contributed by atoms with Crippen molar-refractivity contribution in [2.45, 2.75) is 54.9 Å². The third-order valence-electron chi connectivity index (χ3n) is 3.15. The highest BCUT2D eigenvalue weighted by Gasteiger charge is 2.29. The predicted molar refractivity (Wildman–Crippen MR) is 93.7 cm³/mol. The number of hydrogen-bond donors (Lipinski definition) is 0. The van der Waals surface area contributed by atoms with Gasteiger partial charge in [0.2, 0.25) is 0 Å². The molecule has 0 rings (SSSR count). The molecule has 0 saturated carbocycles. The predicted octanol–water partition coefficient (Wildman–Crippen LogP) is 4.81. The van der Waals surface area contributed by atoms with Gasteiger partial charge in [-0.25, -0.2) is 0 Å². The van der Waals surface area contributed by atoms with Gasteiger partial charge in [0.15, 0.2) is 0 Å². The first kappa shape index (κ1) is 22.4. The Morgan fingerprint density at radius 1 is 1.09 bits per heavy atom. The van der Waals surface area contributed by atoms with Gasteiger partial charge < -0.3 is 13.8 Å². The molecule has 0 saturated heterocycles. The SMILES string of the molecule is CCOP(=O)(CC=CC(C)(C)CC(C)(C)COC(C)=O)OCC. The molecular formula is C17H33O5P. The summed E-state index contributed by atoms with van der Waals surface area (Å²) in [5.41, 5.74) is -0.254. The van der Waals surface area contributed by atoms with Crippen LogP contribution < -0.4 is 0 Å². The zero-order valence-corrected chi connectivity index (χ0v) is 16.6. The molecule has 0 N–H and O–H groups in total. The van der Waals surface area contributed by atoms with Crippen LogP contribution in [0.3, 0.4) is 0 Å². The Bertz CT molecular complexity index is 430. The molecule has 0 heterocycles. The van der Waals surface area contributed by atoms with Crippen LogP contribution in [0.4, 0.5) is 0 Å². The van der Waals surface area contributed by atoms with E-state index in [9.17, 15) is 9.36 Å². The fourth-order valence-corrected chi connectivity index (χ4v) is 4.11. The first-order valence-corrected chi connectivity index (χ1v) is 9.87. The summed E-state index contributed by atoms with van der Waals surface area (Å²) in [4.78, 5) is 11.0. The van der Waals surface area contributed by atoms with Crippen molar-refractivity contribution in [2.24, 2.45) is 10.8 Å². The van der Waals surface area contributed by atoms with Crippen molar-refractivity contribution in [3.05, 3.63) is 12.2 Å². The Hall–Kier alpha value is -0.640. The number of hydrogen-bond acceptors (Lipinski definition) is 5. The van der Waals surface area contributed by atoms with Gasteiger partial charge in [-0.1, -0.05) is 39.8 Å². The lowest BCUT2D eigenvalue weighted by Gasteiger charge is -2.32. The van der Waals surface area contributed by atoms with Crippen molar-refractivity contribution in [1.82, 2.24) is 0 Å². The lowest BCUT2D eigenvalue weighted by molar-refractivity contribution is -0.144. The van der Waals surface area contributed by atoms with E-state index in [2.05, 4.69) is 27.7 Å². The van der Waals surface area contributed by atoms with E-state index in [1.54, 1.807) is 13.8 Å². The van der Waals surface area contributed by atoms with Gasteiger partial charge in [0.25, 0.3) is 0 Å². The Morgan fingerprint density at radius 3 is 2.04 bits per heavy atom. The lowest BCUT2D eigenvalue weighted by Crippen LogP contribution is -2.27. The molecule has 0 radical (unpaired) electrons. The molecule has 5 nitrogen and oxygen atoms in total. The summed E-state index contributed by atoms with van der Waals surface area (Å²) in [6.07, 6.45) is 5.00. The monoisotopic (exact) mass is 348 g/mol. The summed E-state index contributed by atoms with van der Waals surface area (Å²) < 4.78 is 28.1. The number of esters is 1. The van der Waals surface area contributed by atoms with E-state index in [0.29, 0.717) is 19.8 Å². The summed E-state index contributed by atoms with van der Waals surface area (Å²) in [6.45, 7) is 14.5. The van der Waals surface area contributed by atoms with E-state index in [-0.39, 0.29) is 23.0 Å². The maximum atomic E-state index is 12.4. The maximum absolute atomic E-state index is 12.4. The van der Waals surface area contributed by atoms with Crippen LogP contribution in [0.5, 0.6) is 0 Å². The van der Waals surface area contributed by atoms with Gasteiger partial charge in [-0.2, -0.15) is 0 Å². The van der Waals surface area contributed by atoms with Gasteiger partial charge in [-0.15, -0.1) is 0 Å². The van der Waals surface area contributed by atoms with Gasteiger partial charge in [0, 0.05) is 6.92 Å². The van der Waals surface area contributed by atoms with E-state index >= 15 is 0 Å². The normalized spacial score (nSPS) is 13.5. The van der Waals surface area contributed by atoms with Crippen molar-refractivity contribution < 1.29 is 23.1 Å². The van der Waals surface area contributed by atoms with Crippen molar-refractivity contribution in [3.63, 3.8) is 0 Å². The molecule has 0 atom stereocenters. The minimum Gasteiger partial charge on any atom is -0.465 e. The molecule has 6 heteroatoms. The van der Waals surface area contributed by atoms with E-state index in [1.165, 1.54) is 6.92 Å². The average molecular weight is 348 g/mol. The zero-order valence-electron chi connectivity index (χ0n) is 15.7. The minimum absolute atomic E-state index is 0.118. The molecule has 0 amide bonds. The average Bonchev–Trinajstić information content (AvgIpc) is 2.35. The van der Waals surface area contributed by atoms with Gasteiger partial charge in [-0.05, 0) is 31.1 Å². The molecule has 0 aliphatic carbocycles. The molecule has 0 fully saturated rings. The van der Waals surface area contributed by atoms with Crippen LogP contribution in [0.25, 0.3) is 0 Å². The smallest absolute Gasteiger partial charge is 0.334 e. The summed E-state index contributed by atoms with van der Waals surface area (Å²) in [6, 6.07) is 0. The molecule has 0 aromatic rings. The summed E-state index contributed by atoms with van der Waals surface area (Å²) >= 11 is 0. The molecular weight excluding hydrogens is 315 g/mol. The van der Waals surface area contributed by atoms with Gasteiger partial charge in [0.1, 0.15) is 0 Å². The largest absolute Gasteiger partial charge is 0.465 e. The van der Waals surface area contributed by atoms with Crippen LogP contribution in [-0.4, -0.2) is 32.0 Å². The second-order valence-corrected chi connectivity index (χ2v) is 9.24. The molecule has 0 aliphatic heterocycles. The molecule has 0 bridgehead atoms. The molecule has 0 aliphatic rings. The highest BCUT2D eigenvalue weighted by molar-refractivity contribution is 7.54.